The Hall–Kier alpha value is -2.48. The Labute approximate surface area is 155 Å². The maximum atomic E-state index is 11.1. The quantitative estimate of drug-likeness (QED) is 0.812. The summed E-state index contributed by atoms with van der Waals surface area (Å²) in [7, 11) is 0. The van der Waals surface area contributed by atoms with Crippen LogP contribution in [0.4, 0.5) is 5.69 Å². The van der Waals surface area contributed by atoms with Crippen LogP contribution in [0, 0.1) is 12.3 Å². The molecule has 1 unspecified atom stereocenters. The number of hydrogen-bond acceptors (Lipinski definition) is 4. The lowest BCUT2D eigenvalue weighted by atomic mass is 9.87. The summed E-state index contributed by atoms with van der Waals surface area (Å²) in [5, 5.41) is 11.1. The molecule has 3 rings (SSSR count). The largest absolute Gasteiger partial charge is 0.494 e. The Morgan fingerprint density at radius 2 is 1.65 bits per heavy atom. The molecule has 4 nitrogen and oxygen atoms in total. The van der Waals surface area contributed by atoms with Crippen LogP contribution in [0.25, 0.3) is 0 Å². The molecule has 1 atom stereocenters. The van der Waals surface area contributed by atoms with Crippen molar-refractivity contribution in [1.29, 1.82) is 0 Å². The lowest BCUT2D eigenvalue weighted by Crippen LogP contribution is -2.36. The molecule has 2 aromatic rings. The summed E-state index contributed by atoms with van der Waals surface area (Å²) in [4.78, 5) is 2.27. The molecule has 0 bridgehead atoms. The second-order valence-electron chi connectivity index (χ2n) is 6.37. The first kappa shape index (κ1) is 18.3. The Kier molecular flexibility index (Phi) is 5.82. The molecule has 1 N–H and O–H groups in total. The van der Waals surface area contributed by atoms with Gasteiger partial charge in [0.15, 0.2) is 5.60 Å². The number of morpholine rings is 1. The van der Waals surface area contributed by atoms with Crippen LogP contribution in [0.15, 0.2) is 48.5 Å². The molecule has 1 aliphatic heterocycles. The van der Waals surface area contributed by atoms with Gasteiger partial charge in [0.05, 0.1) is 19.8 Å². The predicted molar refractivity (Wildman–Crippen MR) is 104 cm³/mol. The van der Waals surface area contributed by atoms with E-state index in [0.29, 0.717) is 17.7 Å². The summed E-state index contributed by atoms with van der Waals surface area (Å²) in [6, 6.07) is 15.1. The van der Waals surface area contributed by atoms with Crippen molar-refractivity contribution < 1.29 is 14.6 Å². The van der Waals surface area contributed by atoms with E-state index >= 15 is 0 Å². The summed E-state index contributed by atoms with van der Waals surface area (Å²) in [5.41, 5.74) is 0.981. The van der Waals surface area contributed by atoms with Crippen molar-refractivity contribution in [2.75, 3.05) is 37.8 Å². The molecule has 0 amide bonds. The first-order chi connectivity index (χ1) is 12.7. The molecule has 0 aromatic heterocycles. The zero-order valence-electron chi connectivity index (χ0n) is 15.1. The van der Waals surface area contributed by atoms with Crippen molar-refractivity contribution >= 4 is 5.69 Å². The highest BCUT2D eigenvalue weighted by Gasteiger charge is 2.29. The van der Waals surface area contributed by atoms with Gasteiger partial charge >= 0.3 is 0 Å². The Balaban J connectivity index is 1.81. The maximum absolute atomic E-state index is 11.1. The molecule has 0 aliphatic carbocycles. The molecule has 0 spiro atoms. The Morgan fingerprint density at radius 3 is 2.19 bits per heavy atom. The van der Waals surface area contributed by atoms with Crippen molar-refractivity contribution in [1.82, 2.24) is 0 Å². The minimum absolute atomic E-state index is 0.656. The molecule has 26 heavy (non-hydrogen) atoms. The van der Waals surface area contributed by atoms with Crippen LogP contribution in [-0.2, 0) is 10.3 Å². The third-order valence-corrected chi connectivity index (χ3v) is 4.62. The number of terminal acetylenes is 1. The summed E-state index contributed by atoms with van der Waals surface area (Å²) in [6.07, 6.45) is 6.66. The van der Waals surface area contributed by atoms with E-state index in [2.05, 4.69) is 17.7 Å². The highest BCUT2D eigenvalue weighted by molar-refractivity contribution is 5.52. The number of rotatable bonds is 6. The highest BCUT2D eigenvalue weighted by Crippen LogP contribution is 2.31. The third-order valence-electron chi connectivity index (χ3n) is 4.62. The fraction of sp³-hybridized carbons (Fsp3) is 0.364. The lowest BCUT2D eigenvalue weighted by molar-refractivity contribution is 0.122. The van der Waals surface area contributed by atoms with E-state index in [1.165, 1.54) is 0 Å². The van der Waals surface area contributed by atoms with Crippen molar-refractivity contribution in [2.24, 2.45) is 0 Å². The van der Waals surface area contributed by atoms with Crippen LogP contribution in [0.1, 0.15) is 24.5 Å². The van der Waals surface area contributed by atoms with E-state index in [1.54, 1.807) is 0 Å². The van der Waals surface area contributed by atoms with E-state index in [1.807, 2.05) is 48.5 Å². The standard InChI is InChI=1S/C22H25NO3/c1-3-15-26-21-11-7-19(8-12-21)22(24,4-2)18-5-9-20(10-6-18)23-13-16-25-17-14-23/h2,5-12,24H,3,13-17H2,1H3. The number of benzene rings is 2. The number of aliphatic hydroxyl groups is 1. The average molecular weight is 351 g/mol. The fourth-order valence-corrected chi connectivity index (χ4v) is 3.08. The molecule has 0 saturated carbocycles. The van der Waals surface area contributed by atoms with Gasteiger partial charge in [-0.25, -0.2) is 0 Å². The van der Waals surface area contributed by atoms with Gasteiger partial charge in [-0.15, -0.1) is 6.42 Å². The van der Waals surface area contributed by atoms with Gasteiger partial charge in [-0.2, -0.15) is 0 Å². The third kappa shape index (κ3) is 3.85. The average Bonchev–Trinajstić information content (AvgIpc) is 2.73. The molecule has 1 fully saturated rings. The van der Waals surface area contributed by atoms with E-state index in [0.717, 1.165) is 44.2 Å². The Morgan fingerprint density at radius 1 is 1.08 bits per heavy atom. The summed E-state index contributed by atoms with van der Waals surface area (Å²) >= 11 is 0. The molecule has 2 aromatic carbocycles. The second kappa shape index (κ2) is 8.27. The first-order valence-corrected chi connectivity index (χ1v) is 9.04. The van der Waals surface area contributed by atoms with Gasteiger partial charge in [-0.05, 0) is 30.7 Å². The number of hydrogen-bond donors (Lipinski definition) is 1. The molecule has 0 radical (unpaired) electrons. The number of ether oxygens (including phenoxy) is 2. The van der Waals surface area contributed by atoms with Gasteiger partial charge < -0.3 is 19.5 Å². The lowest BCUT2D eigenvalue weighted by Gasteiger charge is -2.30. The van der Waals surface area contributed by atoms with Crippen LogP contribution in [-0.4, -0.2) is 38.0 Å². The van der Waals surface area contributed by atoms with E-state index in [9.17, 15) is 5.11 Å². The van der Waals surface area contributed by atoms with Crippen LogP contribution in [0.5, 0.6) is 5.75 Å². The molecular weight excluding hydrogens is 326 g/mol. The van der Waals surface area contributed by atoms with Gasteiger partial charge in [0, 0.05) is 29.9 Å². The van der Waals surface area contributed by atoms with Gasteiger partial charge in [0.1, 0.15) is 5.75 Å². The van der Waals surface area contributed by atoms with Crippen molar-refractivity contribution in [2.45, 2.75) is 18.9 Å². The first-order valence-electron chi connectivity index (χ1n) is 9.04. The fourth-order valence-electron chi connectivity index (χ4n) is 3.08. The summed E-state index contributed by atoms with van der Waals surface area (Å²) < 4.78 is 11.0. The minimum atomic E-state index is -1.47. The van der Waals surface area contributed by atoms with Crippen LogP contribution in [0.3, 0.4) is 0 Å². The van der Waals surface area contributed by atoms with Gasteiger partial charge in [-0.1, -0.05) is 37.1 Å². The normalized spacial score (nSPS) is 16.6. The van der Waals surface area contributed by atoms with Crippen molar-refractivity contribution in [3.63, 3.8) is 0 Å². The summed E-state index contributed by atoms with van der Waals surface area (Å²) in [6.45, 7) is 5.95. The van der Waals surface area contributed by atoms with Crippen molar-refractivity contribution in [3.8, 4) is 18.1 Å². The second-order valence-corrected chi connectivity index (χ2v) is 6.37. The van der Waals surface area contributed by atoms with Gasteiger partial charge in [-0.3, -0.25) is 0 Å². The van der Waals surface area contributed by atoms with E-state index < -0.39 is 5.60 Å². The molecule has 1 saturated heterocycles. The molecule has 1 aliphatic rings. The van der Waals surface area contributed by atoms with E-state index in [4.69, 9.17) is 15.9 Å². The Bertz CT molecular complexity index is 742. The molecular formula is C22H25NO3. The van der Waals surface area contributed by atoms with Gasteiger partial charge in [0.25, 0.3) is 0 Å². The van der Waals surface area contributed by atoms with Crippen LogP contribution in [0.2, 0.25) is 0 Å². The molecule has 4 heteroatoms. The van der Waals surface area contributed by atoms with Crippen LogP contribution < -0.4 is 9.64 Å². The number of nitrogens with zero attached hydrogens (tertiary/aromatic N) is 1. The molecule has 136 valence electrons. The van der Waals surface area contributed by atoms with Crippen LogP contribution >= 0.6 is 0 Å². The predicted octanol–water partition coefficient (Wildman–Crippen LogP) is 3.18. The van der Waals surface area contributed by atoms with E-state index in [-0.39, 0.29) is 0 Å². The monoisotopic (exact) mass is 351 g/mol. The molecule has 1 heterocycles. The smallest absolute Gasteiger partial charge is 0.176 e. The van der Waals surface area contributed by atoms with Gasteiger partial charge in [0.2, 0.25) is 0 Å². The topological polar surface area (TPSA) is 41.9 Å². The number of anilines is 1. The zero-order valence-corrected chi connectivity index (χ0v) is 15.1. The van der Waals surface area contributed by atoms with Crippen molar-refractivity contribution in [3.05, 3.63) is 59.7 Å². The SMILES string of the molecule is C#CC(O)(c1ccc(OCCC)cc1)c1ccc(N2CCOCC2)cc1. The minimum Gasteiger partial charge on any atom is -0.494 e. The zero-order chi connectivity index (χ0) is 18.4. The summed E-state index contributed by atoms with van der Waals surface area (Å²) in [5.74, 6) is 3.33. The highest BCUT2D eigenvalue weighted by atomic mass is 16.5. The maximum Gasteiger partial charge on any atom is 0.176 e.